The van der Waals surface area contributed by atoms with Gasteiger partial charge in [0.05, 0.1) is 11.1 Å². The van der Waals surface area contributed by atoms with Crippen LogP contribution in [0.1, 0.15) is 65.6 Å². The van der Waals surface area contributed by atoms with E-state index >= 15 is 0 Å². The second-order valence-electron chi connectivity index (χ2n) is 8.81. The van der Waals surface area contributed by atoms with E-state index in [4.69, 9.17) is 16.9 Å². The number of nitrogens with zero attached hydrogens (tertiary/aromatic N) is 3. The highest BCUT2D eigenvalue weighted by molar-refractivity contribution is 6.31. The molecule has 2 amide bonds. The standard InChI is InChI=1S/C26H27ClN4O2/c1-17-21(10-18-6-8-31(9-7-18)26(33)20-4-2-3-5-20)12-23(27)13-24(17)30-25(32)22-11-19(14-28)15-29-16-22/h10-13,15-16,20H,2-9H2,1H3,(H,30,32). The van der Waals surface area contributed by atoms with Crippen molar-refractivity contribution < 1.29 is 9.59 Å². The van der Waals surface area contributed by atoms with Crippen LogP contribution in [0.5, 0.6) is 0 Å². The van der Waals surface area contributed by atoms with Crippen LogP contribution in [-0.2, 0) is 4.79 Å². The molecule has 170 valence electrons. The van der Waals surface area contributed by atoms with Crippen molar-refractivity contribution in [3.8, 4) is 6.07 Å². The highest BCUT2D eigenvalue weighted by Crippen LogP contribution is 2.31. The van der Waals surface area contributed by atoms with Gasteiger partial charge < -0.3 is 10.2 Å². The summed E-state index contributed by atoms with van der Waals surface area (Å²) < 4.78 is 0. The van der Waals surface area contributed by atoms with Gasteiger partial charge in [-0.3, -0.25) is 14.6 Å². The summed E-state index contributed by atoms with van der Waals surface area (Å²) >= 11 is 6.37. The Morgan fingerprint density at radius 3 is 2.61 bits per heavy atom. The number of likely N-dealkylation sites (tertiary alicyclic amines) is 1. The van der Waals surface area contributed by atoms with Crippen LogP contribution in [0.25, 0.3) is 6.08 Å². The Morgan fingerprint density at radius 2 is 1.91 bits per heavy atom. The fraction of sp³-hybridized carbons (Fsp3) is 0.385. The topological polar surface area (TPSA) is 86.1 Å². The van der Waals surface area contributed by atoms with E-state index in [0.717, 1.165) is 49.9 Å². The van der Waals surface area contributed by atoms with Crippen LogP contribution in [0.3, 0.4) is 0 Å². The van der Waals surface area contributed by atoms with Gasteiger partial charge in [-0.2, -0.15) is 5.26 Å². The largest absolute Gasteiger partial charge is 0.342 e. The summed E-state index contributed by atoms with van der Waals surface area (Å²) in [7, 11) is 0. The Labute approximate surface area is 199 Å². The van der Waals surface area contributed by atoms with Crippen molar-refractivity contribution in [3.05, 3.63) is 63.4 Å². The Balaban J connectivity index is 1.47. The summed E-state index contributed by atoms with van der Waals surface area (Å²) in [5, 5.41) is 12.5. The van der Waals surface area contributed by atoms with Gasteiger partial charge >= 0.3 is 0 Å². The van der Waals surface area contributed by atoms with Gasteiger partial charge in [0.2, 0.25) is 5.91 Å². The van der Waals surface area contributed by atoms with Crippen molar-refractivity contribution in [2.24, 2.45) is 5.92 Å². The van der Waals surface area contributed by atoms with Crippen LogP contribution in [0.4, 0.5) is 5.69 Å². The van der Waals surface area contributed by atoms with Crippen molar-refractivity contribution >= 4 is 35.2 Å². The highest BCUT2D eigenvalue weighted by Gasteiger charge is 2.28. The molecular weight excluding hydrogens is 436 g/mol. The number of anilines is 1. The number of pyridine rings is 1. The van der Waals surface area contributed by atoms with Crippen molar-refractivity contribution in [2.75, 3.05) is 18.4 Å². The number of hydrogen-bond donors (Lipinski definition) is 1. The number of halogens is 1. The molecule has 6 nitrogen and oxygen atoms in total. The molecule has 0 bridgehead atoms. The Hall–Kier alpha value is -3.17. The molecule has 1 aliphatic heterocycles. The molecule has 0 unspecified atom stereocenters. The van der Waals surface area contributed by atoms with Crippen molar-refractivity contribution in [2.45, 2.75) is 45.4 Å². The molecule has 33 heavy (non-hydrogen) atoms. The maximum absolute atomic E-state index is 12.7. The Kier molecular flexibility index (Phi) is 7.10. The van der Waals surface area contributed by atoms with Crippen molar-refractivity contribution in [1.82, 2.24) is 9.88 Å². The summed E-state index contributed by atoms with van der Waals surface area (Å²) in [4.78, 5) is 31.4. The number of nitriles is 1. The van der Waals surface area contributed by atoms with Crippen LogP contribution in [0.15, 0.2) is 36.2 Å². The highest BCUT2D eigenvalue weighted by atomic mass is 35.5. The summed E-state index contributed by atoms with van der Waals surface area (Å²) in [6.07, 6.45) is 11.1. The zero-order chi connectivity index (χ0) is 23.4. The lowest BCUT2D eigenvalue weighted by Crippen LogP contribution is -2.39. The summed E-state index contributed by atoms with van der Waals surface area (Å²) in [5.74, 6) is 0.202. The van der Waals surface area contributed by atoms with Gasteiger partial charge in [-0.15, -0.1) is 0 Å². The predicted octanol–water partition coefficient (Wildman–Crippen LogP) is 5.36. The first kappa shape index (κ1) is 23.0. The third-order valence-corrected chi connectivity index (χ3v) is 6.79. The van der Waals surface area contributed by atoms with Crippen molar-refractivity contribution in [1.29, 1.82) is 5.26 Å². The second kappa shape index (κ2) is 10.2. The zero-order valence-corrected chi connectivity index (χ0v) is 19.5. The van der Waals surface area contributed by atoms with E-state index in [1.54, 1.807) is 6.07 Å². The second-order valence-corrected chi connectivity index (χ2v) is 9.24. The average molecular weight is 463 g/mol. The van der Waals surface area contributed by atoms with E-state index in [1.807, 2.05) is 24.0 Å². The smallest absolute Gasteiger partial charge is 0.257 e. The molecule has 2 aliphatic rings. The SMILES string of the molecule is Cc1c(C=C2CCN(C(=O)C3CCCC3)CC2)cc(Cl)cc1NC(=O)c1cncc(C#N)c1. The lowest BCUT2D eigenvalue weighted by molar-refractivity contribution is -0.135. The quantitative estimate of drug-likeness (QED) is 0.662. The van der Waals surface area contributed by atoms with Crippen LogP contribution in [-0.4, -0.2) is 34.8 Å². The van der Waals surface area contributed by atoms with E-state index in [-0.39, 0.29) is 11.8 Å². The molecule has 1 aliphatic carbocycles. The first-order valence-electron chi connectivity index (χ1n) is 11.4. The minimum Gasteiger partial charge on any atom is -0.342 e. The molecule has 0 atom stereocenters. The Morgan fingerprint density at radius 1 is 1.18 bits per heavy atom. The van der Waals surface area contributed by atoms with Gasteiger partial charge in [-0.05, 0) is 61.9 Å². The zero-order valence-electron chi connectivity index (χ0n) is 18.7. The first-order valence-corrected chi connectivity index (χ1v) is 11.8. The molecule has 1 saturated heterocycles. The van der Waals surface area contributed by atoms with Gasteiger partial charge in [-0.1, -0.05) is 36.1 Å². The number of benzene rings is 1. The van der Waals surface area contributed by atoms with Gasteiger partial charge in [0.25, 0.3) is 5.91 Å². The first-order chi connectivity index (χ1) is 15.9. The van der Waals surface area contributed by atoms with E-state index in [9.17, 15) is 9.59 Å². The Bertz CT molecular complexity index is 1140. The maximum atomic E-state index is 12.7. The van der Waals surface area contributed by atoms with E-state index in [0.29, 0.717) is 27.7 Å². The summed E-state index contributed by atoms with van der Waals surface area (Å²) in [6.45, 7) is 3.46. The summed E-state index contributed by atoms with van der Waals surface area (Å²) in [6, 6.07) is 7.12. The molecule has 1 saturated carbocycles. The number of rotatable bonds is 4. The monoisotopic (exact) mass is 462 g/mol. The van der Waals surface area contributed by atoms with Crippen molar-refractivity contribution in [3.63, 3.8) is 0 Å². The van der Waals surface area contributed by atoms with Gasteiger partial charge in [0.1, 0.15) is 6.07 Å². The average Bonchev–Trinajstić information content (AvgIpc) is 3.37. The normalized spacial score (nSPS) is 16.4. The minimum absolute atomic E-state index is 0.223. The van der Waals surface area contributed by atoms with E-state index in [2.05, 4.69) is 16.4 Å². The van der Waals surface area contributed by atoms with Gasteiger partial charge in [0, 0.05) is 42.1 Å². The van der Waals surface area contributed by atoms with E-state index < -0.39 is 0 Å². The number of nitrogens with one attached hydrogen (secondary N) is 1. The molecule has 2 aromatic rings. The maximum Gasteiger partial charge on any atom is 0.257 e. The molecule has 1 aromatic heterocycles. The van der Waals surface area contributed by atoms with Crippen LogP contribution < -0.4 is 5.32 Å². The fourth-order valence-corrected chi connectivity index (χ4v) is 4.84. The lowest BCUT2D eigenvalue weighted by Gasteiger charge is -2.30. The number of carbonyl (C=O) groups is 2. The third-order valence-electron chi connectivity index (χ3n) is 6.57. The molecule has 1 N–H and O–H groups in total. The number of amides is 2. The molecular formula is C26H27ClN4O2. The lowest BCUT2D eigenvalue weighted by atomic mass is 9.96. The van der Waals surface area contributed by atoms with Crippen LogP contribution in [0, 0.1) is 24.2 Å². The molecule has 0 radical (unpaired) electrons. The molecule has 0 spiro atoms. The van der Waals surface area contributed by atoms with Crippen LogP contribution in [0.2, 0.25) is 5.02 Å². The molecule has 7 heteroatoms. The third kappa shape index (κ3) is 5.43. The number of carbonyl (C=O) groups excluding carboxylic acids is 2. The molecule has 4 rings (SSSR count). The van der Waals surface area contributed by atoms with E-state index in [1.165, 1.54) is 36.9 Å². The minimum atomic E-state index is -0.345. The number of piperidine rings is 1. The predicted molar refractivity (Wildman–Crippen MR) is 129 cm³/mol. The fourth-order valence-electron chi connectivity index (χ4n) is 4.61. The summed E-state index contributed by atoms with van der Waals surface area (Å²) in [5.41, 5.74) is 4.40. The molecule has 1 aromatic carbocycles. The molecule has 2 heterocycles. The molecule has 2 fully saturated rings. The van der Waals surface area contributed by atoms with Crippen LogP contribution >= 0.6 is 11.6 Å². The number of aromatic nitrogens is 1. The van der Waals surface area contributed by atoms with Gasteiger partial charge in [0.15, 0.2) is 0 Å². The number of hydrogen-bond acceptors (Lipinski definition) is 4. The van der Waals surface area contributed by atoms with Gasteiger partial charge in [-0.25, -0.2) is 0 Å².